The van der Waals surface area contributed by atoms with Gasteiger partial charge in [-0.15, -0.1) is 12.4 Å². The standard InChI is InChI=1S/C11H20N2O2S.ClH/c14-8-11(1-2-11)7-13-10(15)5-9-6-16-4-3-12-9;/h9,12,14H,1-8H2,(H,13,15);1H. The predicted molar refractivity (Wildman–Crippen MR) is 72.7 cm³/mol. The number of nitrogens with one attached hydrogen (secondary N) is 2. The molecule has 2 aliphatic rings. The average molecular weight is 281 g/mol. The third-order valence-corrected chi connectivity index (χ3v) is 4.51. The summed E-state index contributed by atoms with van der Waals surface area (Å²) in [5.41, 5.74) is 0.0183. The fourth-order valence-corrected chi connectivity index (χ4v) is 2.85. The Labute approximate surface area is 113 Å². The number of halogens is 1. The molecule has 1 aliphatic heterocycles. The monoisotopic (exact) mass is 280 g/mol. The third kappa shape index (κ3) is 4.66. The van der Waals surface area contributed by atoms with E-state index in [9.17, 15) is 4.79 Å². The second-order valence-corrected chi connectivity index (χ2v) is 6.01. The molecule has 0 spiro atoms. The van der Waals surface area contributed by atoms with Crippen LogP contribution in [0.2, 0.25) is 0 Å². The molecule has 6 heteroatoms. The molecule has 2 fully saturated rings. The number of thioether (sulfide) groups is 1. The molecule has 1 saturated carbocycles. The number of aliphatic hydroxyl groups is 1. The average Bonchev–Trinajstić information content (AvgIpc) is 3.09. The number of rotatable bonds is 5. The Bertz CT molecular complexity index is 256. The molecule has 3 N–H and O–H groups in total. The van der Waals surface area contributed by atoms with E-state index < -0.39 is 0 Å². The zero-order valence-electron chi connectivity index (χ0n) is 9.91. The first-order valence-electron chi connectivity index (χ1n) is 5.93. The minimum absolute atomic E-state index is 0. The van der Waals surface area contributed by atoms with Gasteiger partial charge in [-0.05, 0) is 12.8 Å². The number of carbonyl (C=O) groups excluding carboxylic acids is 1. The summed E-state index contributed by atoms with van der Waals surface area (Å²) in [6.45, 7) is 1.84. The van der Waals surface area contributed by atoms with E-state index in [0.29, 0.717) is 19.0 Å². The molecule has 100 valence electrons. The molecule has 0 bridgehead atoms. The maximum absolute atomic E-state index is 11.7. The lowest BCUT2D eigenvalue weighted by Gasteiger charge is -2.23. The molecule has 17 heavy (non-hydrogen) atoms. The Balaban J connectivity index is 0.00000144. The van der Waals surface area contributed by atoms with Crippen LogP contribution in [0.5, 0.6) is 0 Å². The van der Waals surface area contributed by atoms with Gasteiger partial charge in [-0.2, -0.15) is 11.8 Å². The summed E-state index contributed by atoms with van der Waals surface area (Å²) in [5, 5.41) is 15.4. The lowest BCUT2D eigenvalue weighted by atomic mass is 10.1. The second-order valence-electron chi connectivity index (χ2n) is 4.86. The molecule has 1 heterocycles. The number of hydrogen-bond acceptors (Lipinski definition) is 4. The highest BCUT2D eigenvalue weighted by Crippen LogP contribution is 2.44. The number of amides is 1. The van der Waals surface area contributed by atoms with E-state index in [0.717, 1.165) is 30.9 Å². The Kier molecular flexibility index (Phi) is 6.06. The lowest BCUT2D eigenvalue weighted by molar-refractivity contribution is -0.121. The zero-order valence-corrected chi connectivity index (χ0v) is 11.5. The molecule has 1 unspecified atom stereocenters. The fraction of sp³-hybridized carbons (Fsp3) is 0.909. The molecule has 1 aliphatic carbocycles. The Morgan fingerprint density at radius 1 is 1.53 bits per heavy atom. The van der Waals surface area contributed by atoms with Gasteiger partial charge in [-0.3, -0.25) is 4.79 Å². The highest BCUT2D eigenvalue weighted by Gasteiger charge is 2.42. The van der Waals surface area contributed by atoms with E-state index in [1.54, 1.807) is 0 Å². The van der Waals surface area contributed by atoms with Crippen molar-refractivity contribution < 1.29 is 9.90 Å². The predicted octanol–water partition coefficient (Wildman–Crippen LogP) is 0.392. The summed E-state index contributed by atoms with van der Waals surface area (Å²) >= 11 is 1.90. The molecule has 0 aromatic heterocycles. The molecule has 1 saturated heterocycles. The summed E-state index contributed by atoms with van der Waals surface area (Å²) in [6, 6.07) is 0.322. The Hall–Kier alpha value is 0.0300. The van der Waals surface area contributed by atoms with E-state index in [2.05, 4.69) is 10.6 Å². The van der Waals surface area contributed by atoms with Gasteiger partial charge in [0.1, 0.15) is 0 Å². The Morgan fingerprint density at radius 2 is 2.29 bits per heavy atom. The van der Waals surface area contributed by atoms with Crippen molar-refractivity contribution >= 4 is 30.1 Å². The van der Waals surface area contributed by atoms with Crippen molar-refractivity contribution in [3.05, 3.63) is 0 Å². The van der Waals surface area contributed by atoms with Crippen LogP contribution in [-0.4, -0.2) is 48.3 Å². The van der Waals surface area contributed by atoms with Crippen LogP contribution in [0, 0.1) is 5.41 Å². The van der Waals surface area contributed by atoms with Crippen LogP contribution in [0.1, 0.15) is 19.3 Å². The van der Waals surface area contributed by atoms with Gasteiger partial charge in [-0.1, -0.05) is 0 Å². The molecule has 0 radical (unpaired) electrons. The highest BCUT2D eigenvalue weighted by atomic mass is 35.5. The summed E-state index contributed by atoms with van der Waals surface area (Å²) in [6.07, 6.45) is 2.65. The molecule has 0 aromatic carbocycles. The van der Waals surface area contributed by atoms with Crippen molar-refractivity contribution in [2.75, 3.05) is 31.2 Å². The van der Waals surface area contributed by atoms with Crippen molar-refractivity contribution in [1.29, 1.82) is 0 Å². The van der Waals surface area contributed by atoms with Crippen molar-refractivity contribution in [1.82, 2.24) is 10.6 Å². The van der Waals surface area contributed by atoms with Crippen LogP contribution in [0.3, 0.4) is 0 Å². The summed E-state index contributed by atoms with van der Waals surface area (Å²) in [7, 11) is 0. The Morgan fingerprint density at radius 3 is 2.82 bits per heavy atom. The SMILES string of the molecule is Cl.O=C(CC1CSCCN1)NCC1(CO)CC1. The third-order valence-electron chi connectivity index (χ3n) is 3.38. The largest absolute Gasteiger partial charge is 0.396 e. The quantitative estimate of drug-likeness (QED) is 0.682. The topological polar surface area (TPSA) is 61.4 Å². The first-order valence-corrected chi connectivity index (χ1v) is 7.08. The number of hydrogen-bond donors (Lipinski definition) is 3. The van der Waals surface area contributed by atoms with Gasteiger partial charge >= 0.3 is 0 Å². The zero-order chi connectivity index (χ0) is 11.4. The minimum atomic E-state index is 0. The van der Waals surface area contributed by atoms with Crippen LogP contribution in [0.25, 0.3) is 0 Å². The van der Waals surface area contributed by atoms with E-state index in [1.807, 2.05) is 11.8 Å². The van der Waals surface area contributed by atoms with E-state index in [1.165, 1.54) is 0 Å². The molecular formula is C11H21ClN2O2S. The minimum Gasteiger partial charge on any atom is -0.396 e. The second kappa shape index (κ2) is 6.83. The maximum atomic E-state index is 11.7. The van der Waals surface area contributed by atoms with Crippen LogP contribution < -0.4 is 10.6 Å². The summed E-state index contributed by atoms with van der Waals surface area (Å²) in [5.74, 6) is 2.28. The van der Waals surface area contributed by atoms with Crippen molar-refractivity contribution in [2.24, 2.45) is 5.41 Å². The normalized spacial score (nSPS) is 25.8. The molecule has 0 aromatic rings. The van der Waals surface area contributed by atoms with Gasteiger partial charge in [0.25, 0.3) is 0 Å². The molecular weight excluding hydrogens is 260 g/mol. The smallest absolute Gasteiger partial charge is 0.221 e. The van der Waals surface area contributed by atoms with E-state index in [-0.39, 0.29) is 30.3 Å². The first kappa shape index (κ1) is 15.1. The summed E-state index contributed by atoms with van der Waals surface area (Å²) in [4.78, 5) is 11.7. The molecule has 2 rings (SSSR count). The van der Waals surface area contributed by atoms with Gasteiger partial charge in [0.05, 0.1) is 6.61 Å². The van der Waals surface area contributed by atoms with Crippen molar-refractivity contribution in [3.63, 3.8) is 0 Å². The van der Waals surface area contributed by atoms with Gasteiger partial charge in [-0.25, -0.2) is 0 Å². The van der Waals surface area contributed by atoms with E-state index in [4.69, 9.17) is 5.11 Å². The fourth-order valence-electron chi connectivity index (χ4n) is 1.90. The van der Waals surface area contributed by atoms with Gasteiger partial charge in [0.2, 0.25) is 5.91 Å². The van der Waals surface area contributed by atoms with Crippen LogP contribution in [0.15, 0.2) is 0 Å². The van der Waals surface area contributed by atoms with Crippen LogP contribution in [0.4, 0.5) is 0 Å². The summed E-state index contributed by atoms with van der Waals surface area (Å²) < 4.78 is 0. The lowest BCUT2D eigenvalue weighted by Crippen LogP contribution is -2.42. The van der Waals surface area contributed by atoms with Crippen LogP contribution in [-0.2, 0) is 4.79 Å². The van der Waals surface area contributed by atoms with Crippen LogP contribution >= 0.6 is 24.2 Å². The number of carbonyl (C=O) groups is 1. The maximum Gasteiger partial charge on any atom is 0.221 e. The number of aliphatic hydroxyl groups excluding tert-OH is 1. The van der Waals surface area contributed by atoms with Gasteiger partial charge in [0, 0.05) is 42.5 Å². The van der Waals surface area contributed by atoms with Crippen molar-refractivity contribution in [2.45, 2.75) is 25.3 Å². The highest BCUT2D eigenvalue weighted by molar-refractivity contribution is 7.99. The van der Waals surface area contributed by atoms with Gasteiger partial charge in [0.15, 0.2) is 0 Å². The molecule has 1 amide bonds. The molecule has 4 nitrogen and oxygen atoms in total. The first-order chi connectivity index (χ1) is 7.74. The van der Waals surface area contributed by atoms with Gasteiger partial charge < -0.3 is 15.7 Å². The van der Waals surface area contributed by atoms with E-state index >= 15 is 0 Å². The van der Waals surface area contributed by atoms with Crippen molar-refractivity contribution in [3.8, 4) is 0 Å². The molecule has 1 atom stereocenters.